The summed E-state index contributed by atoms with van der Waals surface area (Å²) < 4.78 is 5.89. The molecular weight excluding hydrogens is 657 g/mol. The molecule has 0 radical (unpaired) electrons. The third-order valence-electron chi connectivity index (χ3n) is 15.3. The number of ether oxygens (including phenoxy) is 1. The average Bonchev–Trinajstić information content (AvgIpc) is 3.50. The molecular formula is C47H62N2O4. The molecule has 6 heteroatoms. The zero-order valence-corrected chi connectivity index (χ0v) is 32.6. The Morgan fingerprint density at radius 1 is 0.849 bits per heavy atom. The van der Waals surface area contributed by atoms with Gasteiger partial charge in [0.2, 0.25) is 0 Å². The second-order valence-corrected chi connectivity index (χ2v) is 18.2. The van der Waals surface area contributed by atoms with Crippen LogP contribution in [0, 0.1) is 58.2 Å². The minimum Gasteiger partial charge on any atom is -0.489 e. The molecule has 10 unspecified atom stereocenters. The highest BCUT2D eigenvalue weighted by Crippen LogP contribution is 2.69. The van der Waals surface area contributed by atoms with Crippen LogP contribution in [-0.4, -0.2) is 11.0 Å². The second-order valence-electron chi connectivity index (χ2n) is 18.2. The lowest BCUT2D eigenvalue weighted by molar-refractivity contribution is -0.299. The topological polar surface area (TPSA) is 108 Å². The van der Waals surface area contributed by atoms with Gasteiger partial charge in [-0.25, -0.2) is 4.89 Å². The molecule has 0 bridgehead atoms. The van der Waals surface area contributed by atoms with Gasteiger partial charge in [0.05, 0.1) is 0 Å². The number of nitrogen functional groups attached to an aromatic ring is 2. The van der Waals surface area contributed by atoms with E-state index < -0.39 is 0 Å². The predicted octanol–water partition coefficient (Wildman–Crippen LogP) is 11.4. The number of anilines is 2. The van der Waals surface area contributed by atoms with Gasteiger partial charge in [0.25, 0.3) is 0 Å². The Balaban J connectivity index is 0.943. The van der Waals surface area contributed by atoms with Gasteiger partial charge in [-0.1, -0.05) is 77.1 Å². The van der Waals surface area contributed by atoms with E-state index in [1.807, 2.05) is 66.7 Å². The van der Waals surface area contributed by atoms with Gasteiger partial charge >= 0.3 is 0 Å². The van der Waals surface area contributed by atoms with E-state index in [-0.39, 0.29) is 17.8 Å². The summed E-state index contributed by atoms with van der Waals surface area (Å²) in [6.45, 7) is 13.0. The van der Waals surface area contributed by atoms with E-state index in [4.69, 9.17) is 21.1 Å². The van der Waals surface area contributed by atoms with Crippen LogP contribution in [0.25, 0.3) is 6.08 Å². The number of hydrogen-bond donors (Lipinski definition) is 3. The van der Waals surface area contributed by atoms with Crippen molar-refractivity contribution in [3.8, 4) is 5.75 Å². The lowest BCUT2D eigenvalue weighted by Gasteiger charge is -2.61. The molecule has 4 aliphatic carbocycles. The molecule has 0 amide bonds. The van der Waals surface area contributed by atoms with E-state index in [2.05, 4.69) is 34.6 Å². The highest BCUT2D eigenvalue weighted by atomic mass is 17.1. The Kier molecular flexibility index (Phi) is 10.9. The monoisotopic (exact) mass is 718 g/mol. The van der Waals surface area contributed by atoms with Crippen LogP contribution in [0.3, 0.4) is 0 Å². The lowest BCUT2D eigenvalue weighted by Crippen LogP contribution is -2.54. The summed E-state index contributed by atoms with van der Waals surface area (Å²) >= 11 is 0. The van der Waals surface area contributed by atoms with E-state index in [9.17, 15) is 10.1 Å². The van der Waals surface area contributed by atoms with Crippen molar-refractivity contribution in [3.63, 3.8) is 0 Å². The molecule has 3 aromatic rings. The van der Waals surface area contributed by atoms with Crippen molar-refractivity contribution >= 4 is 23.2 Å². The third kappa shape index (κ3) is 7.43. The van der Waals surface area contributed by atoms with Crippen LogP contribution in [0.15, 0.2) is 72.8 Å². The molecule has 5 N–H and O–H groups in total. The Bertz CT molecular complexity index is 1750. The second kappa shape index (κ2) is 15.3. The quantitative estimate of drug-likeness (QED) is 0.0599. The van der Waals surface area contributed by atoms with E-state index in [0.717, 1.165) is 70.8 Å². The maximum Gasteiger partial charge on any atom is 0.185 e. The van der Waals surface area contributed by atoms with Crippen LogP contribution in [0.2, 0.25) is 0 Å². The number of carbonyl (C=O) groups excluding carboxylic acids is 1. The summed E-state index contributed by atoms with van der Waals surface area (Å²) in [6.07, 6.45) is 14.7. The zero-order chi connectivity index (χ0) is 37.5. The van der Waals surface area contributed by atoms with E-state index in [1.165, 1.54) is 44.9 Å². The van der Waals surface area contributed by atoms with Gasteiger partial charge in [-0.2, -0.15) is 0 Å². The number of carbonyl (C=O) groups is 1. The van der Waals surface area contributed by atoms with Crippen molar-refractivity contribution in [2.24, 2.45) is 58.2 Å². The van der Waals surface area contributed by atoms with Gasteiger partial charge in [-0.15, -0.1) is 0 Å². The Hall–Kier alpha value is -3.61. The van der Waals surface area contributed by atoms with Crippen molar-refractivity contribution < 1.29 is 19.7 Å². The Morgan fingerprint density at radius 3 is 2.21 bits per heavy atom. The fourth-order valence-electron chi connectivity index (χ4n) is 12.1. The van der Waals surface area contributed by atoms with Crippen LogP contribution in [0.1, 0.15) is 126 Å². The van der Waals surface area contributed by atoms with Gasteiger partial charge in [0, 0.05) is 16.9 Å². The SMILES string of the molecule is CC(C)C(C)C1CCC2C3CCC4CC(C(OO)c5ccc(C(=O)/C=C/c6ccc(OCc7cc(N)cc(N)c7)cc6)cc5)CCC4(C)C3CCC12C. The molecule has 4 fully saturated rings. The third-order valence-corrected chi connectivity index (χ3v) is 15.3. The number of allylic oxidation sites excluding steroid dienone is 1. The standard InChI is InChI=1S/C47H62N2O4/c1-29(2)30(3)41-17-18-42-40-16-13-36-26-35(20-22-46(36,4)43(40)21-23-47(41,42)5)45(53-51)34-11-9-33(10-12-34)44(50)19-8-31-6-14-39(15-7-31)52-28-32-24-37(48)27-38(49)25-32/h6-12,14-15,19,24-25,27,29-30,35-36,40-43,45,51H,13,16-18,20-23,26,28,48-49H2,1-5H3/b19-8+. The highest BCUT2D eigenvalue weighted by Gasteiger charge is 2.61. The summed E-state index contributed by atoms with van der Waals surface area (Å²) in [5.74, 6) is 6.62. The molecule has 10 atom stereocenters. The number of fused-ring (bicyclic) bond motifs is 5. The number of nitrogens with two attached hydrogens (primary N) is 2. The summed E-state index contributed by atoms with van der Waals surface area (Å²) in [5.41, 5.74) is 17.2. The molecule has 0 aromatic heterocycles. The van der Waals surface area contributed by atoms with E-state index in [1.54, 1.807) is 12.1 Å². The first kappa shape index (κ1) is 37.7. The molecule has 0 saturated heterocycles. The highest BCUT2D eigenvalue weighted by molar-refractivity contribution is 6.06. The lowest BCUT2D eigenvalue weighted by atomic mass is 9.43. The normalized spacial score (nSPS) is 32.1. The fraction of sp³-hybridized carbons (Fsp3) is 0.553. The van der Waals surface area contributed by atoms with Crippen LogP contribution in [-0.2, 0) is 11.5 Å². The maximum atomic E-state index is 13.1. The molecule has 284 valence electrons. The molecule has 4 aliphatic rings. The predicted molar refractivity (Wildman–Crippen MR) is 215 cm³/mol. The number of ketones is 1. The number of rotatable bonds is 11. The smallest absolute Gasteiger partial charge is 0.185 e. The van der Waals surface area contributed by atoms with Gasteiger partial charge in [-0.3, -0.25) is 10.1 Å². The van der Waals surface area contributed by atoms with Crippen molar-refractivity contribution in [2.45, 2.75) is 105 Å². The van der Waals surface area contributed by atoms with Crippen molar-refractivity contribution in [1.82, 2.24) is 0 Å². The molecule has 0 heterocycles. The molecule has 7 rings (SSSR count). The van der Waals surface area contributed by atoms with Gasteiger partial charge in [0.1, 0.15) is 18.5 Å². The summed E-state index contributed by atoms with van der Waals surface area (Å²) in [6, 6.07) is 20.7. The first-order valence-electron chi connectivity index (χ1n) is 20.4. The largest absolute Gasteiger partial charge is 0.489 e. The minimum absolute atomic E-state index is 0.0707. The van der Waals surface area contributed by atoms with Gasteiger partial charge in [0.15, 0.2) is 5.78 Å². The Labute approximate surface area is 317 Å². The maximum absolute atomic E-state index is 13.1. The van der Waals surface area contributed by atoms with Crippen molar-refractivity contribution in [2.75, 3.05) is 11.5 Å². The molecule has 3 aromatic carbocycles. The fourth-order valence-corrected chi connectivity index (χ4v) is 12.1. The zero-order valence-electron chi connectivity index (χ0n) is 32.6. The number of hydrogen-bond acceptors (Lipinski definition) is 6. The molecule has 53 heavy (non-hydrogen) atoms. The first-order valence-corrected chi connectivity index (χ1v) is 20.4. The van der Waals surface area contributed by atoms with Gasteiger partial charge < -0.3 is 16.2 Å². The van der Waals surface area contributed by atoms with Crippen LogP contribution < -0.4 is 16.2 Å². The Morgan fingerprint density at radius 2 is 1.53 bits per heavy atom. The van der Waals surface area contributed by atoms with Crippen molar-refractivity contribution in [1.29, 1.82) is 0 Å². The van der Waals surface area contributed by atoms with E-state index in [0.29, 0.717) is 40.3 Å². The van der Waals surface area contributed by atoms with Gasteiger partial charge in [-0.05, 0) is 169 Å². The van der Waals surface area contributed by atoms with Crippen LogP contribution >= 0.6 is 0 Å². The molecule has 0 spiro atoms. The average molecular weight is 719 g/mol. The van der Waals surface area contributed by atoms with Crippen LogP contribution in [0.4, 0.5) is 11.4 Å². The first-order chi connectivity index (χ1) is 25.4. The molecule has 0 aliphatic heterocycles. The summed E-state index contributed by atoms with van der Waals surface area (Å²) in [5, 5.41) is 10.2. The molecule has 4 saturated carbocycles. The number of benzene rings is 3. The van der Waals surface area contributed by atoms with Crippen molar-refractivity contribution in [3.05, 3.63) is 95.1 Å². The summed E-state index contributed by atoms with van der Waals surface area (Å²) in [7, 11) is 0. The van der Waals surface area contributed by atoms with E-state index >= 15 is 0 Å². The minimum atomic E-state index is -0.378. The summed E-state index contributed by atoms with van der Waals surface area (Å²) in [4.78, 5) is 18.4. The van der Waals surface area contributed by atoms with Crippen LogP contribution in [0.5, 0.6) is 5.75 Å². The molecule has 6 nitrogen and oxygen atoms in total.